The van der Waals surface area contributed by atoms with Crippen LogP contribution in [0.5, 0.6) is 0 Å². The summed E-state index contributed by atoms with van der Waals surface area (Å²) in [6, 6.07) is 9.88. The van der Waals surface area contributed by atoms with Crippen molar-refractivity contribution in [3.05, 3.63) is 57.9 Å². The SMILES string of the molecule is Cc1cc(F)cc(C)c1-c1ccc(Cl)c(CNC2CC2)c1. The Morgan fingerprint density at radius 2 is 1.81 bits per heavy atom. The molecule has 2 aromatic carbocycles. The van der Waals surface area contributed by atoms with E-state index in [0.717, 1.165) is 39.4 Å². The molecule has 1 nitrogen and oxygen atoms in total. The summed E-state index contributed by atoms with van der Waals surface area (Å²) in [4.78, 5) is 0. The van der Waals surface area contributed by atoms with Crippen LogP contribution in [0.1, 0.15) is 29.5 Å². The second-order valence-electron chi connectivity index (χ2n) is 5.88. The number of nitrogens with one attached hydrogen (secondary N) is 1. The molecule has 1 N–H and O–H groups in total. The normalized spacial score (nSPS) is 14.5. The van der Waals surface area contributed by atoms with E-state index >= 15 is 0 Å². The second kappa shape index (κ2) is 5.78. The molecule has 2 aromatic rings. The molecule has 1 fully saturated rings. The van der Waals surface area contributed by atoms with E-state index in [1.165, 1.54) is 12.8 Å². The fraction of sp³-hybridized carbons (Fsp3) is 0.333. The zero-order valence-electron chi connectivity index (χ0n) is 12.3. The monoisotopic (exact) mass is 303 g/mol. The summed E-state index contributed by atoms with van der Waals surface area (Å²) >= 11 is 6.29. The average molecular weight is 304 g/mol. The second-order valence-corrected chi connectivity index (χ2v) is 6.28. The van der Waals surface area contributed by atoms with Crippen LogP contribution in [0, 0.1) is 19.7 Å². The lowest BCUT2D eigenvalue weighted by Gasteiger charge is -2.13. The summed E-state index contributed by atoms with van der Waals surface area (Å²) in [5.74, 6) is -0.182. The molecule has 0 spiro atoms. The van der Waals surface area contributed by atoms with Crippen molar-refractivity contribution in [1.82, 2.24) is 5.32 Å². The van der Waals surface area contributed by atoms with Crippen molar-refractivity contribution in [2.75, 3.05) is 0 Å². The zero-order valence-corrected chi connectivity index (χ0v) is 13.1. The van der Waals surface area contributed by atoms with Crippen LogP contribution < -0.4 is 5.32 Å². The van der Waals surface area contributed by atoms with E-state index in [-0.39, 0.29) is 5.82 Å². The molecule has 0 heterocycles. The van der Waals surface area contributed by atoms with E-state index in [4.69, 9.17) is 11.6 Å². The average Bonchev–Trinajstić information content (AvgIpc) is 3.22. The van der Waals surface area contributed by atoms with Gasteiger partial charge in [0.05, 0.1) is 0 Å². The Balaban J connectivity index is 1.96. The van der Waals surface area contributed by atoms with Crippen LogP contribution in [0.4, 0.5) is 4.39 Å². The number of halogens is 2. The van der Waals surface area contributed by atoms with E-state index in [2.05, 4.69) is 11.4 Å². The van der Waals surface area contributed by atoms with Crippen molar-refractivity contribution >= 4 is 11.6 Å². The van der Waals surface area contributed by atoms with Gasteiger partial charge in [-0.1, -0.05) is 17.7 Å². The van der Waals surface area contributed by atoms with Gasteiger partial charge in [0, 0.05) is 17.6 Å². The Bertz CT molecular complexity index is 654. The number of hydrogen-bond donors (Lipinski definition) is 1. The van der Waals surface area contributed by atoms with Gasteiger partial charge in [-0.3, -0.25) is 0 Å². The highest BCUT2D eigenvalue weighted by molar-refractivity contribution is 6.31. The maximum Gasteiger partial charge on any atom is 0.123 e. The van der Waals surface area contributed by atoms with Crippen LogP contribution in [0.15, 0.2) is 30.3 Å². The lowest BCUT2D eigenvalue weighted by atomic mass is 9.94. The molecule has 0 aromatic heterocycles. The van der Waals surface area contributed by atoms with Crippen LogP contribution in [-0.2, 0) is 6.54 Å². The number of hydrogen-bond acceptors (Lipinski definition) is 1. The third-order valence-electron chi connectivity index (χ3n) is 3.99. The molecule has 0 radical (unpaired) electrons. The van der Waals surface area contributed by atoms with Crippen LogP contribution >= 0.6 is 11.6 Å². The van der Waals surface area contributed by atoms with Gasteiger partial charge in [0.1, 0.15) is 5.82 Å². The summed E-state index contributed by atoms with van der Waals surface area (Å²) < 4.78 is 13.5. The summed E-state index contributed by atoms with van der Waals surface area (Å²) in [5.41, 5.74) is 5.21. The first-order valence-corrected chi connectivity index (χ1v) is 7.71. The van der Waals surface area contributed by atoms with Gasteiger partial charge in [0.25, 0.3) is 0 Å². The fourth-order valence-corrected chi connectivity index (χ4v) is 2.96. The molecule has 0 saturated heterocycles. The predicted octanol–water partition coefficient (Wildman–Crippen LogP) is 5.01. The van der Waals surface area contributed by atoms with Crippen LogP contribution in [0.3, 0.4) is 0 Å². The Kier molecular flexibility index (Phi) is 4.01. The minimum Gasteiger partial charge on any atom is -0.310 e. The van der Waals surface area contributed by atoms with Crippen LogP contribution in [0.25, 0.3) is 11.1 Å². The number of aryl methyl sites for hydroxylation is 2. The molecular formula is C18H19ClFN. The first kappa shape index (κ1) is 14.6. The van der Waals surface area contributed by atoms with Crippen LogP contribution in [-0.4, -0.2) is 6.04 Å². The summed E-state index contributed by atoms with van der Waals surface area (Å²) in [6.45, 7) is 4.68. The highest BCUT2D eigenvalue weighted by Gasteiger charge is 2.20. The molecule has 0 unspecified atom stereocenters. The molecule has 0 amide bonds. The van der Waals surface area contributed by atoms with Gasteiger partial charge in [-0.2, -0.15) is 0 Å². The smallest absolute Gasteiger partial charge is 0.123 e. The predicted molar refractivity (Wildman–Crippen MR) is 86.2 cm³/mol. The summed E-state index contributed by atoms with van der Waals surface area (Å²) in [6.07, 6.45) is 2.51. The molecular weight excluding hydrogens is 285 g/mol. The molecule has 0 bridgehead atoms. The van der Waals surface area contributed by atoms with E-state index in [0.29, 0.717) is 6.04 Å². The molecule has 3 rings (SSSR count). The highest BCUT2D eigenvalue weighted by Crippen LogP contribution is 2.31. The highest BCUT2D eigenvalue weighted by atomic mass is 35.5. The van der Waals surface area contributed by atoms with Crippen molar-refractivity contribution < 1.29 is 4.39 Å². The Morgan fingerprint density at radius 3 is 2.43 bits per heavy atom. The van der Waals surface area contributed by atoms with Crippen molar-refractivity contribution in [3.8, 4) is 11.1 Å². The largest absolute Gasteiger partial charge is 0.310 e. The van der Waals surface area contributed by atoms with Gasteiger partial charge in [-0.05, 0) is 78.8 Å². The quantitative estimate of drug-likeness (QED) is 0.836. The molecule has 1 saturated carbocycles. The Morgan fingerprint density at radius 1 is 1.14 bits per heavy atom. The third-order valence-corrected chi connectivity index (χ3v) is 4.36. The summed E-state index contributed by atoms with van der Waals surface area (Å²) in [5, 5.41) is 4.27. The summed E-state index contributed by atoms with van der Waals surface area (Å²) in [7, 11) is 0. The van der Waals surface area contributed by atoms with Gasteiger partial charge in [-0.25, -0.2) is 4.39 Å². The van der Waals surface area contributed by atoms with Crippen molar-refractivity contribution in [3.63, 3.8) is 0 Å². The fourth-order valence-electron chi connectivity index (χ4n) is 2.77. The Labute approximate surface area is 130 Å². The molecule has 0 aliphatic heterocycles. The number of rotatable bonds is 4. The van der Waals surface area contributed by atoms with Crippen molar-refractivity contribution in [2.45, 2.75) is 39.3 Å². The maximum absolute atomic E-state index is 13.5. The zero-order chi connectivity index (χ0) is 15.0. The molecule has 1 aliphatic rings. The van der Waals surface area contributed by atoms with Gasteiger partial charge in [0.2, 0.25) is 0 Å². The molecule has 3 heteroatoms. The minimum absolute atomic E-state index is 0.182. The topological polar surface area (TPSA) is 12.0 Å². The van der Waals surface area contributed by atoms with Gasteiger partial charge in [0.15, 0.2) is 0 Å². The van der Waals surface area contributed by atoms with E-state index < -0.39 is 0 Å². The molecule has 110 valence electrons. The van der Waals surface area contributed by atoms with Crippen molar-refractivity contribution in [1.29, 1.82) is 0 Å². The lowest BCUT2D eigenvalue weighted by Crippen LogP contribution is -2.15. The number of benzene rings is 2. The van der Waals surface area contributed by atoms with Gasteiger partial charge < -0.3 is 5.32 Å². The minimum atomic E-state index is -0.182. The third kappa shape index (κ3) is 3.28. The molecule has 0 atom stereocenters. The first-order valence-electron chi connectivity index (χ1n) is 7.33. The molecule has 21 heavy (non-hydrogen) atoms. The van der Waals surface area contributed by atoms with E-state index in [1.807, 2.05) is 26.0 Å². The standard InChI is InChI=1S/C18H19ClFN/c1-11-7-15(20)8-12(2)18(11)13-3-6-17(19)14(9-13)10-21-16-4-5-16/h3,6-9,16,21H,4-5,10H2,1-2H3. The van der Waals surface area contributed by atoms with Crippen LogP contribution in [0.2, 0.25) is 5.02 Å². The first-order chi connectivity index (χ1) is 10.0. The van der Waals surface area contributed by atoms with E-state index in [9.17, 15) is 4.39 Å². The van der Waals surface area contributed by atoms with Gasteiger partial charge in [-0.15, -0.1) is 0 Å². The molecule has 1 aliphatic carbocycles. The lowest BCUT2D eigenvalue weighted by molar-refractivity contribution is 0.625. The van der Waals surface area contributed by atoms with E-state index in [1.54, 1.807) is 12.1 Å². The van der Waals surface area contributed by atoms with Crippen molar-refractivity contribution in [2.24, 2.45) is 0 Å². The maximum atomic E-state index is 13.5. The van der Waals surface area contributed by atoms with Gasteiger partial charge >= 0.3 is 0 Å². The Hall–Kier alpha value is -1.38.